The molecule has 4 amide bonds. The fraction of sp³-hybridized carbons (Fsp3) is 0.593. The first-order chi connectivity index (χ1) is 17.4. The Labute approximate surface area is 213 Å². The van der Waals surface area contributed by atoms with E-state index in [4.69, 9.17) is 0 Å². The van der Waals surface area contributed by atoms with Crippen LogP contribution in [0.3, 0.4) is 0 Å². The van der Waals surface area contributed by atoms with E-state index in [1.54, 1.807) is 34.1 Å². The van der Waals surface area contributed by atoms with Gasteiger partial charge in [-0.05, 0) is 56.2 Å². The summed E-state index contributed by atoms with van der Waals surface area (Å²) in [5, 5.41) is 6.12. The van der Waals surface area contributed by atoms with Gasteiger partial charge in [-0.25, -0.2) is 19.2 Å². The third-order valence-electron chi connectivity index (χ3n) is 7.42. The van der Waals surface area contributed by atoms with E-state index in [0.717, 1.165) is 37.7 Å². The molecule has 0 bridgehead atoms. The van der Waals surface area contributed by atoms with Crippen LogP contribution in [0.2, 0.25) is 0 Å². The molecule has 0 radical (unpaired) electrons. The molecule has 1 aromatic rings. The molecule has 2 fully saturated rings. The summed E-state index contributed by atoms with van der Waals surface area (Å²) in [5.74, 6) is -0.473. The number of unbranched alkanes of at least 4 members (excludes halogenated alkanes) is 1. The number of urea groups is 1. The maximum Gasteiger partial charge on any atom is 0.334 e. The predicted octanol–water partition coefficient (Wildman–Crippen LogP) is 3.64. The predicted molar refractivity (Wildman–Crippen MR) is 135 cm³/mol. The number of likely N-dealkylation sites (N-methyl/N-ethyl adjacent to an activating group) is 1. The number of carbonyl (C=O) groups excluding carboxylic acids is 3. The highest BCUT2D eigenvalue weighted by Gasteiger charge is 2.50. The quantitative estimate of drug-likeness (QED) is 0.554. The van der Waals surface area contributed by atoms with Crippen molar-refractivity contribution in [3.8, 4) is 0 Å². The van der Waals surface area contributed by atoms with Crippen molar-refractivity contribution >= 4 is 17.8 Å². The molecule has 0 spiro atoms. The highest BCUT2D eigenvalue weighted by molar-refractivity contribution is 5.91. The second-order valence-corrected chi connectivity index (χ2v) is 10.0. The Hall–Kier alpha value is -2.94. The maximum absolute atomic E-state index is 13.6. The minimum absolute atomic E-state index is 0.0133. The number of carbonyl (C=O) groups is 3. The lowest BCUT2D eigenvalue weighted by Gasteiger charge is -2.54. The third-order valence-corrected chi connectivity index (χ3v) is 7.42. The molecule has 1 aliphatic carbocycles. The zero-order valence-electron chi connectivity index (χ0n) is 21.4. The van der Waals surface area contributed by atoms with E-state index in [1.807, 2.05) is 4.90 Å². The van der Waals surface area contributed by atoms with Crippen LogP contribution in [-0.4, -0.2) is 76.6 Å². The Morgan fingerprint density at radius 2 is 1.94 bits per heavy atom. The van der Waals surface area contributed by atoms with E-state index in [0.29, 0.717) is 13.0 Å². The summed E-state index contributed by atoms with van der Waals surface area (Å²) in [4.78, 5) is 43.6. The van der Waals surface area contributed by atoms with E-state index < -0.39 is 12.2 Å². The van der Waals surface area contributed by atoms with E-state index in [1.165, 1.54) is 30.5 Å². The number of hydrogen-bond acceptors (Lipinski definition) is 4. The summed E-state index contributed by atoms with van der Waals surface area (Å²) in [6.45, 7) is 3.22. The van der Waals surface area contributed by atoms with E-state index in [9.17, 15) is 18.8 Å². The Balaban J connectivity index is 1.53. The standard InChI is InChI=1S/C27H38FN5O3/c1-3-4-10-23-26(35)31(16-15-20-8-6-5-7-9-20)18-24-32(23)25(34)19-30(2)33(24)27(36)29-17-21-11-13-22(28)14-12-21/h8,11-14,23-24H,3-7,9-10,15-19H2,1-2H3,(H,29,36)/t23-,24-/m0/s1. The molecule has 36 heavy (non-hydrogen) atoms. The van der Waals surface area contributed by atoms with Crippen LogP contribution in [0, 0.1) is 5.82 Å². The van der Waals surface area contributed by atoms with Crippen molar-refractivity contribution in [1.29, 1.82) is 0 Å². The van der Waals surface area contributed by atoms with Gasteiger partial charge in [0, 0.05) is 20.1 Å². The van der Waals surface area contributed by atoms with Gasteiger partial charge in [0.1, 0.15) is 18.0 Å². The van der Waals surface area contributed by atoms with Crippen LogP contribution >= 0.6 is 0 Å². The molecule has 2 heterocycles. The van der Waals surface area contributed by atoms with Crippen molar-refractivity contribution < 1.29 is 18.8 Å². The molecular weight excluding hydrogens is 461 g/mol. The first-order valence-electron chi connectivity index (χ1n) is 13.2. The highest BCUT2D eigenvalue weighted by Crippen LogP contribution is 2.29. The summed E-state index contributed by atoms with van der Waals surface area (Å²) in [5.41, 5.74) is 2.17. The number of hydrogen-bond donors (Lipinski definition) is 1. The fourth-order valence-electron chi connectivity index (χ4n) is 5.45. The Bertz CT molecular complexity index is 982. The highest BCUT2D eigenvalue weighted by atomic mass is 19.1. The van der Waals surface area contributed by atoms with Crippen LogP contribution in [0.25, 0.3) is 0 Å². The summed E-state index contributed by atoms with van der Waals surface area (Å²) in [6.07, 6.45) is 9.50. The molecule has 4 rings (SSSR count). The molecule has 0 saturated carbocycles. The van der Waals surface area contributed by atoms with Crippen molar-refractivity contribution in [3.63, 3.8) is 0 Å². The summed E-state index contributed by atoms with van der Waals surface area (Å²) in [7, 11) is 1.72. The number of piperazine rings is 1. The number of allylic oxidation sites excluding steroid dienone is 1. The third kappa shape index (κ3) is 5.88. The van der Waals surface area contributed by atoms with Crippen molar-refractivity contribution in [1.82, 2.24) is 25.1 Å². The van der Waals surface area contributed by atoms with Gasteiger partial charge in [-0.1, -0.05) is 43.5 Å². The molecule has 2 saturated heterocycles. The van der Waals surface area contributed by atoms with Gasteiger partial charge in [-0.15, -0.1) is 0 Å². The number of nitrogens with zero attached hydrogens (tertiary/aromatic N) is 4. The van der Waals surface area contributed by atoms with Gasteiger partial charge >= 0.3 is 6.03 Å². The first-order valence-corrected chi connectivity index (χ1v) is 13.2. The van der Waals surface area contributed by atoms with E-state index in [-0.39, 0.29) is 43.3 Å². The van der Waals surface area contributed by atoms with Crippen LogP contribution in [0.15, 0.2) is 35.9 Å². The van der Waals surface area contributed by atoms with Crippen LogP contribution in [0.4, 0.5) is 9.18 Å². The zero-order chi connectivity index (χ0) is 25.7. The van der Waals surface area contributed by atoms with Crippen molar-refractivity contribution in [3.05, 3.63) is 47.3 Å². The van der Waals surface area contributed by atoms with Gasteiger partial charge in [0.15, 0.2) is 0 Å². The number of amides is 4. The van der Waals surface area contributed by atoms with Crippen LogP contribution in [-0.2, 0) is 16.1 Å². The average molecular weight is 500 g/mol. The van der Waals surface area contributed by atoms with Crippen molar-refractivity contribution in [2.45, 2.75) is 77.0 Å². The van der Waals surface area contributed by atoms with Gasteiger partial charge in [0.2, 0.25) is 11.8 Å². The average Bonchev–Trinajstić information content (AvgIpc) is 2.87. The summed E-state index contributed by atoms with van der Waals surface area (Å²) in [6, 6.07) is 5.08. The Morgan fingerprint density at radius 1 is 1.17 bits per heavy atom. The normalized spacial score (nSPS) is 23.0. The largest absolute Gasteiger partial charge is 0.337 e. The lowest BCUT2D eigenvalue weighted by Crippen LogP contribution is -2.76. The van der Waals surface area contributed by atoms with E-state index in [2.05, 4.69) is 18.3 Å². The molecule has 0 aromatic heterocycles. The van der Waals surface area contributed by atoms with Crippen LogP contribution in [0.1, 0.15) is 63.9 Å². The minimum Gasteiger partial charge on any atom is -0.337 e. The molecule has 8 nitrogen and oxygen atoms in total. The molecule has 196 valence electrons. The summed E-state index contributed by atoms with van der Waals surface area (Å²) < 4.78 is 13.2. The van der Waals surface area contributed by atoms with Crippen molar-refractivity contribution in [2.24, 2.45) is 0 Å². The lowest BCUT2D eigenvalue weighted by atomic mass is 9.96. The molecule has 1 aromatic carbocycles. The number of halogens is 1. The number of fused-ring (bicyclic) bond motifs is 1. The second-order valence-electron chi connectivity index (χ2n) is 10.0. The molecule has 2 aliphatic heterocycles. The number of nitrogens with one attached hydrogen (secondary N) is 1. The van der Waals surface area contributed by atoms with Gasteiger partial charge in [-0.3, -0.25) is 9.59 Å². The molecule has 1 N–H and O–H groups in total. The van der Waals surface area contributed by atoms with E-state index >= 15 is 0 Å². The topological polar surface area (TPSA) is 76.2 Å². The van der Waals surface area contributed by atoms with Gasteiger partial charge < -0.3 is 15.1 Å². The van der Waals surface area contributed by atoms with Gasteiger partial charge in [0.05, 0.1) is 13.1 Å². The second kappa shape index (κ2) is 11.9. The van der Waals surface area contributed by atoms with Gasteiger partial charge in [0.25, 0.3) is 0 Å². The summed E-state index contributed by atoms with van der Waals surface area (Å²) >= 11 is 0. The SMILES string of the molecule is CCCC[C@H]1C(=O)N(CCC2=CCCCC2)C[C@H]2N1C(=O)CN(C)N2C(=O)NCc1ccc(F)cc1. The maximum atomic E-state index is 13.6. The molecule has 9 heteroatoms. The Kier molecular flexibility index (Phi) is 8.61. The van der Waals surface area contributed by atoms with Crippen LogP contribution < -0.4 is 5.32 Å². The molecule has 3 aliphatic rings. The van der Waals surface area contributed by atoms with Crippen molar-refractivity contribution in [2.75, 3.05) is 26.7 Å². The van der Waals surface area contributed by atoms with Gasteiger partial charge in [-0.2, -0.15) is 0 Å². The fourth-order valence-corrected chi connectivity index (χ4v) is 5.45. The minimum atomic E-state index is -0.565. The lowest BCUT2D eigenvalue weighted by molar-refractivity contribution is -0.187. The monoisotopic (exact) mass is 499 g/mol. The zero-order valence-corrected chi connectivity index (χ0v) is 21.4. The molecular formula is C27H38FN5O3. The van der Waals surface area contributed by atoms with Crippen LogP contribution in [0.5, 0.6) is 0 Å². The molecule has 0 unspecified atom stereocenters. The first kappa shape index (κ1) is 26.1. The number of rotatable bonds is 8. The number of benzene rings is 1. The number of hydrazine groups is 1. The smallest absolute Gasteiger partial charge is 0.334 e. The Morgan fingerprint density at radius 3 is 2.64 bits per heavy atom. The molecule has 2 atom stereocenters.